The Morgan fingerprint density at radius 1 is 0.714 bits per heavy atom. The Labute approximate surface area is 126 Å². The fourth-order valence-corrected chi connectivity index (χ4v) is 1.47. The lowest BCUT2D eigenvalue weighted by Crippen LogP contribution is -2.13. The van der Waals surface area contributed by atoms with Gasteiger partial charge in [0.1, 0.15) is 12.4 Å². The van der Waals surface area contributed by atoms with Crippen LogP contribution in [0.3, 0.4) is 0 Å². The number of methoxy groups -OCH3 is 1. The number of nitrogen functional groups attached to an aromatic ring is 1. The molecule has 0 saturated heterocycles. The van der Waals surface area contributed by atoms with E-state index in [1.54, 1.807) is 19.2 Å². The maximum absolute atomic E-state index is 5.59. The lowest BCUT2D eigenvalue weighted by molar-refractivity contribution is 0.000164. The number of rotatable bonds is 13. The summed E-state index contributed by atoms with van der Waals surface area (Å²) in [5.74, 6) is 0.789. The maximum atomic E-state index is 5.59. The number of anilines is 1. The van der Waals surface area contributed by atoms with Gasteiger partial charge in [0, 0.05) is 12.8 Å². The molecule has 0 atom stereocenters. The molecule has 0 saturated carbocycles. The molecule has 2 N–H and O–H groups in total. The van der Waals surface area contributed by atoms with Crippen molar-refractivity contribution in [2.75, 3.05) is 65.7 Å². The Morgan fingerprint density at radius 3 is 1.71 bits per heavy atom. The monoisotopic (exact) mass is 299 g/mol. The van der Waals surface area contributed by atoms with Crippen LogP contribution in [0.2, 0.25) is 0 Å². The van der Waals surface area contributed by atoms with Crippen LogP contribution in [0.5, 0.6) is 5.75 Å². The molecule has 6 nitrogen and oxygen atoms in total. The van der Waals surface area contributed by atoms with Crippen LogP contribution >= 0.6 is 0 Å². The minimum absolute atomic E-state index is 0.504. The highest BCUT2D eigenvalue weighted by Gasteiger charge is 1.94. The number of benzene rings is 1. The molecule has 0 aliphatic heterocycles. The van der Waals surface area contributed by atoms with E-state index in [0.29, 0.717) is 52.9 Å². The summed E-state index contributed by atoms with van der Waals surface area (Å²) in [5.41, 5.74) is 6.31. The lowest BCUT2D eigenvalue weighted by Gasteiger charge is -2.08. The van der Waals surface area contributed by atoms with E-state index in [1.807, 2.05) is 12.1 Å². The van der Waals surface area contributed by atoms with Gasteiger partial charge >= 0.3 is 0 Å². The highest BCUT2D eigenvalue weighted by Crippen LogP contribution is 2.12. The van der Waals surface area contributed by atoms with Gasteiger partial charge in [-0.2, -0.15) is 0 Å². The molecule has 6 heteroatoms. The molecule has 0 fully saturated rings. The summed E-state index contributed by atoms with van der Waals surface area (Å²) in [7, 11) is 1.65. The SMILES string of the molecule is COCCOCCOCCOCCOc1ccc(N)cc1. The standard InChI is InChI=1S/C15H25NO5/c1-17-6-7-18-8-9-19-10-11-20-12-13-21-15-4-2-14(16)3-5-15/h2-5H,6-13,16H2,1H3. The molecule has 0 bridgehead atoms. The van der Waals surface area contributed by atoms with Crippen LogP contribution in [0.25, 0.3) is 0 Å². The summed E-state index contributed by atoms with van der Waals surface area (Å²) in [4.78, 5) is 0. The van der Waals surface area contributed by atoms with Crippen LogP contribution in [0.15, 0.2) is 24.3 Å². The molecule has 0 aliphatic carbocycles. The predicted octanol–water partition coefficient (Wildman–Crippen LogP) is 1.34. The first-order valence-corrected chi connectivity index (χ1v) is 7.03. The Bertz CT molecular complexity index is 344. The molecule has 0 amide bonds. The Balaban J connectivity index is 1.81. The van der Waals surface area contributed by atoms with Gasteiger partial charge in [0.2, 0.25) is 0 Å². The van der Waals surface area contributed by atoms with Crippen LogP contribution in [0, 0.1) is 0 Å². The van der Waals surface area contributed by atoms with Crippen molar-refractivity contribution in [1.82, 2.24) is 0 Å². The van der Waals surface area contributed by atoms with Crippen LogP contribution in [-0.4, -0.2) is 60.0 Å². The van der Waals surface area contributed by atoms with Crippen molar-refractivity contribution in [2.45, 2.75) is 0 Å². The van der Waals surface area contributed by atoms with Crippen LogP contribution in [0.4, 0.5) is 5.69 Å². The lowest BCUT2D eigenvalue weighted by atomic mass is 10.3. The minimum Gasteiger partial charge on any atom is -0.491 e. The first-order chi connectivity index (χ1) is 10.3. The summed E-state index contributed by atoms with van der Waals surface area (Å²) >= 11 is 0. The number of nitrogens with two attached hydrogens (primary N) is 1. The minimum atomic E-state index is 0.504. The van der Waals surface area contributed by atoms with Crippen molar-refractivity contribution >= 4 is 5.69 Å². The second-order valence-electron chi connectivity index (χ2n) is 4.25. The summed E-state index contributed by atoms with van der Waals surface area (Å²) < 4.78 is 26.3. The normalized spacial score (nSPS) is 10.7. The second-order valence-corrected chi connectivity index (χ2v) is 4.25. The van der Waals surface area contributed by atoms with E-state index in [4.69, 9.17) is 29.4 Å². The average Bonchev–Trinajstić information content (AvgIpc) is 2.50. The Hall–Kier alpha value is -1.34. The summed E-state index contributed by atoms with van der Waals surface area (Å²) in [6, 6.07) is 7.28. The largest absolute Gasteiger partial charge is 0.491 e. The van der Waals surface area contributed by atoms with Gasteiger partial charge < -0.3 is 29.4 Å². The van der Waals surface area contributed by atoms with E-state index in [2.05, 4.69) is 0 Å². The highest BCUT2D eigenvalue weighted by atomic mass is 16.6. The highest BCUT2D eigenvalue weighted by molar-refractivity contribution is 5.41. The zero-order valence-corrected chi connectivity index (χ0v) is 12.6. The van der Waals surface area contributed by atoms with E-state index >= 15 is 0 Å². The third-order valence-corrected chi connectivity index (χ3v) is 2.55. The molecular weight excluding hydrogens is 274 g/mol. The first kappa shape index (κ1) is 17.7. The molecule has 1 aromatic rings. The second kappa shape index (κ2) is 12.4. The number of hydrogen-bond acceptors (Lipinski definition) is 6. The first-order valence-electron chi connectivity index (χ1n) is 7.03. The zero-order chi connectivity index (χ0) is 15.2. The van der Waals surface area contributed by atoms with Crippen LogP contribution < -0.4 is 10.5 Å². The van der Waals surface area contributed by atoms with Crippen molar-refractivity contribution in [2.24, 2.45) is 0 Å². The quantitative estimate of drug-likeness (QED) is 0.438. The van der Waals surface area contributed by atoms with Crippen molar-refractivity contribution < 1.29 is 23.7 Å². The van der Waals surface area contributed by atoms with Crippen molar-refractivity contribution in [3.05, 3.63) is 24.3 Å². The molecule has 0 unspecified atom stereocenters. The van der Waals surface area contributed by atoms with E-state index < -0.39 is 0 Å². The smallest absolute Gasteiger partial charge is 0.119 e. The predicted molar refractivity (Wildman–Crippen MR) is 80.7 cm³/mol. The van der Waals surface area contributed by atoms with Crippen molar-refractivity contribution in [3.63, 3.8) is 0 Å². The fourth-order valence-electron chi connectivity index (χ4n) is 1.47. The third kappa shape index (κ3) is 10.1. The molecule has 0 spiro atoms. The average molecular weight is 299 g/mol. The maximum Gasteiger partial charge on any atom is 0.119 e. The molecule has 0 radical (unpaired) electrons. The molecule has 0 aromatic heterocycles. The molecule has 1 rings (SSSR count). The molecular formula is C15H25NO5. The van der Waals surface area contributed by atoms with Crippen LogP contribution in [0.1, 0.15) is 0 Å². The van der Waals surface area contributed by atoms with Gasteiger partial charge in [0.25, 0.3) is 0 Å². The fraction of sp³-hybridized carbons (Fsp3) is 0.600. The van der Waals surface area contributed by atoms with E-state index in [9.17, 15) is 0 Å². The molecule has 0 aliphatic rings. The molecule has 120 valence electrons. The van der Waals surface area contributed by atoms with Gasteiger partial charge in [-0.05, 0) is 24.3 Å². The van der Waals surface area contributed by atoms with Gasteiger partial charge in [-0.25, -0.2) is 0 Å². The van der Waals surface area contributed by atoms with E-state index in [1.165, 1.54) is 0 Å². The summed E-state index contributed by atoms with van der Waals surface area (Å²) in [6.07, 6.45) is 0. The summed E-state index contributed by atoms with van der Waals surface area (Å²) in [5, 5.41) is 0. The zero-order valence-electron chi connectivity index (χ0n) is 12.6. The van der Waals surface area contributed by atoms with Crippen molar-refractivity contribution in [1.29, 1.82) is 0 Å². The third-order valence-electron chi connectivity index (χ3n) is 2.55. The van der Waals surface area contributed by atoms with Gasteiger partial charge in [-0.1, -0.05) is 0 Å². The van der Waals surface area contributed by atoms with Crippen LogP contribution in [-0.2, 0) is 18.9 Å². The van der Waals surface area contributed by atoms with Crippen molar-refractivity contribution in [3.8, 4) is 5.75 Å². The van der Waals surface area contributed by atoms with Gasteiger partial charge in [-0.15, -0.1) is 0 Å². The molecule has 0 heterocycles. The summed E-state index contributed by atoms with van der Waals surface area (Å²) in [6.45, 7) is 4.47. The van der Waals surface area contributed by atoms with Gasteiger partial charge in [-0.3, -0.25) is 0 Å². The van der Waals surface area contributed by atoms with E-state index in [0.717, 1.165) is 11.4 Å². The number of hydrogen-bond donors (Lipinski definition) is 1. The molecule has 1 aromatic carbocycles. The van der Waals surface area contributed by atoms with Gasteiger partial charge in [0.15, 0.2) is 0 Å². The van der Waals surface area contributed by atoms with E-state index in [-0.39, 0.29) is 0 Å². The topological polar surface area (TPSA) is 72.2 Å². The van der Waals surface area contributed by atoms with Gasteiger partial charge in [0.05, 0.1) is 46.2 Å². The molecule has 21 heavy (non-hydrogen) atoms. The number of ether oxygens (including phenoxy) is 5. The Kier molecular flexibility index (Phi) is 10.5. The Morgan fingerprint density at radius 2 is 1.19 bits per heavy atom.